The summed E-state index contributed by atoms with van der Waals surface area (Å²) in [6.07, 6.45) is 0. The van der Waals surface area contributed by atoms with Gasteiger partial charge in [-0.05, 0) is 51.1 Å². The summed E-state index contributed by atoms with van der Waals surface area (Å²) in [6, 6.07) is 9.81. The van der Waals surface area contributed by atoms with Crippen LogP contribution in [0.3, 0.4) is 0 Å². The highest BCUT2D eigenvalue weighted by Crippen LogP contribution is 2.27. The van der Waals surface area contributed by atoms with E-state index in [4.69, 9.17) is 10.5 Å². The number of aryl methyl sites for hydroxylation is 1. The Morgan fingerprint density at radius 1 is 1.27 bits per heavy atom. The quantitative estimate of drug-likeness (QED) is 0.488. The van der Waals surface area contributed by atoms with Crippen molar-refractivity contribution in [1.29, 1.82) is 0 Å². The summed E-state index contributed by atoms with van der Waals surface area (Å²) in [5.74, 6) is 1.21. The maximum absolute atomic E-state index is 12.7. The molecule has 1 aromatic carbocycles. The number of nitrogen functional groups attached to an aromatic ring is 1. The number of benzene rings is 1. The molecule has 6 nitrogen and oxygen atoms in total. The molecule has 3 aromatic rings. The minimum atomic E-state index is 0.0639. The van der Waals surface area contributed by atoms with Gasteiger partial charge in [0.25, 0.3) is 0 Å². The lowest BCUT2D eigenvalue weighted by atomic mass is 10.2. The lowest BCUT2D eigenvalue weighted by Crippen LogP contribution is -2.05. The molecule has 0 radical (unpaired) electrons. The summed E-state index contributed by atoms with van der Waals surface area (Å²) in [6.45, 7) is 6.56. The van der Waals surface area contributed by atoms with Crippen LogP contribution in [0.4, 0.5) is 5.13 Å². The predicted octanol–water partition coefficient (Wildman–Crippen LogP) is 3.90. The summed E-state index contributed by atoms with van der Waals surface area (Å²) >= 11 is 2.65. The van der Waals surface area contributed by atoms with Gasteiger partial charge in [-0.15, -0.1) is 10.2 Å². The van der Waals surface area contributed by atoms with E-state index < -0.39 is 0 Å². The van der Waals surface area contributed by atoms with E-state index in [-0.39, 0.29) is 5.78 Å². The first kappa shape index (κ1) is 18.5. The van der Waals surface area contributed by atoms with Gasteiger partial charge in [0.2, 0.25) is 5.13 Å². The zero-order valence-corrected chi connectivity index (χ0v) is 16.5. The van der Waals surface area contributed by atoms with Crippen LogP contribution >= 0.6 is 23.1 Å². The third-order valence-corrected chi connectivity index (χ3v) is 5.77. The first-order valence-electron chi connectivity index (χ1n) is 8.16. The Balaban J connectivity index is 1.79. The summed E-state index contributed by atoms with van der Waals surface area (Å²) < 4.78 is 8.28. The summed E-state index contributed by atoms with van der Waals surface area (Å²) in [5.41, 5.74) is 9.24. The average Bonchev–Trinajstić information content (AvgIpc) is 3.17. The van der Waals surface area contributed by atoms with Crippen LogP contribution in [0.25, 0.3) is 5.69 Å². The summed E-state index contributed by atoms with van der Waals surface area (Å²) in [5, 5.41) is 8.11. The molecule has 2 N–H and O–H groups in total. The van der Waals surface area contributed by atoms with Gasteiger partial charge in [0.1, 0.15) is 5.75 Å². The van der Waals surface area contributed by atoms with E-state index in [2.05, 4.69) is 14.8 Å². The molecule has 2 heterocycles. The molecule has 8 heteroatoms. The van der Waals surface area contributed by atoms with Gasteiger partial charge in [-0.3, -0.25) is 4.79 Å². The number of thioether (sulfide) groups is 1. The molecule has 0 unspecified atom stereocenters. The van der Waals surface area contributed by atoms with Crippen molar-refractivity contribution in [2.75, 3.05) is 18.1 Å². The van der Waals surface area contributed by atoms with Gasteiger partial charge in [0.05, 0.1) is 12.4 Å². The molecule has 2 aromatic heterocycles. The SMILES string of the molecule is CCOc1ccc(-n2c(C)cc(C(=O)CSc3nnc(N)s3)c2C)cc1. The number of hydrogen-bond acceptors (Lipinski definition) is 7. The Labute approximate surface area is 160 Å². The van der Waals surface area contributed by atoms with Crippen LogP contribution in [0.2, 0.25) is 0 Å². The topological polar surface area (TPSA) is 83.0 Å². The number of ether oxygens (including phenoxy) is 1. The summed E-state index contributed by atoms with van der Waals surface area (Å²) in [4.78, 5) is 12.7. The van der Waals surface area contributed by atoms with Crippen molar-refractivity contribution < 1.29 is 9.53 Å². The molecule has 0 atom stereocenters. The third-order valence-electron chi connectivity index (χ3n) is 3.89. The fourth-order valence-electron chi connectivity index (χ4n) is 2.78. The molecule has 0 bridgehead atoms. The smallest absolute Gasteiger partial charge is 0.203 e. The minimum absolute atomic E-state index is 0.0639. The van der Waals surface area contributed by atoms with Crippen LogP contribution in [0.5, 0.6) is 5.75 Å². The Bertz CT molecular complexity index is 916. The van der Waals surface area contributed by atoms with Gasteiger partial charge >= 0.3 is 0 Å². The van der Waals surface area contributed by atoms with E-state index in [0.717, 1.165) is 28.4 Å². The van der Waals surface area contributed by atoms with Gasteiger partial charge < -0.3 is 15.0 Å². The summed E-state index contributed by atoms with van der Waals surface area (Å²) in [7, 11) is 0. The molecule has 0 aliphatic rings. The Morgan fingerprint density at radius 2 is 2.00 bits per heavy atom. The van der Waals surface area contributed by atoms with Crippen LogP contribution in [-0.2, 0) is 0 Å². The van der Waals surface area contributed by atoms with E-state index >= 15 is 0 Å². The van der Waals surface area contributed by atoms with Crippen molar-refractivity contribution >= 4 is 34.0 Å². The van der Waals surface area contributed by atoms with E-state index in [9.17, 15) is 4.79 Å². The number of carbonyl (C=O) groups excluding carboxylic acids is 1. The monoisotopic (exact) mass is 388 g/mol. The van der Waals surface area contributed by atoms with Gasteiger partial charge in [-0.25, -0.2) is 0 Å². The van der Waals surface area contributed by atoms with Crippen LogP contribution in [0, 0.1) is 13.8 Å². The molecule has 0 fully saturated rings. The van der Waals surface area contributed by atoms with E-state index in [1.54, 1.807) is 0 Å². The molecule has 3 rings (SSSR count). The molecule has 0 saturated heterocycles. The van der Waals surface area contributed by atoms with Gasteiger partial charge in [-0.1, -0.05) is 23.1 Å². The fourth-order valence-corrected chi connectivity index (χ4v) is 4.30. The molecule has 0 aliphatic carbocycles. The number of hydrogen-bond donors (Lipinski definition) is 1. The van der Waals surface area contributed by atoms with Crippen molar-refractivity contribution in [3.63, 3.8) is 0 Å². The molecule has 0 saturated carbocycles. The highest BCUT2D eigenvalue weighted by atomic mass is 32.2. The number of carbonyl (C=O) groups is 1. The number of anilines is 1. The normalized spacial score (nSPS) is 10.9. The van der Waals surface area contributed by atoms with Crippen LogP contribution in [0.1, 0.15) is 28.7 Å². The standard InChI is InChI=1S/C18H20N4O2S2/c1-4-24-14-7-5-13(6-8-14)22-11(2)9-15(12(22)3)16(23)10-25-18-21-20-17(19)26-18/h5-9H,4,10H2,1-3H3,(H2,19,20). The molecular weight excluding hydrogens is 368 g/mol. The molecule has 0 amide bonds. The predicted molar refractivity (Wildman–Crippen MR) is 106 cm³/mol. The third kappa shape index (κ3) is 3.91. The lowest BCUT2D eigenvalue weighted by molar-refractivity contribution is 0.102. The van der Waals surface area contributed by atoms with Crippen molar-refractivity contribution in [3.05, 3.63) is 47.3 Å². The van der Waals surface area contributed by atoms with Gasteiger partial charge in [0.15, 0.2) is 10.1 Å². The second-order valence-corrected chi connectivity index (χ2v) is 7.90. The van der Waals surface area contributed by atoms with Crippen LogP contribution < -0.4 is 10.5 Å². The molecule has 136 valence electrons. The second-order valence-electron chi connectivity index (χ2n) is 5.67. The zero-order chi connectivity index (χ0) is 18.7. The minimum Gasteiger partial charge on any atom is -0.494 e. The Morgan fingerprint density at radius 3 is 2.62 bits per heavy atom. The number of ketones is 1. The average molecular weight is 389 g/mol. The number of rotatable bonds is 7. The van der Waals surface area contributed by atoms with Crippen LogP contribution in [0.15, 0.2) is 34.7 Å². The first-order valence-corrected chi connectivity index (χ1v) is 9.97. The maximum Gasteiger partial charge on any atom is 0.203 e. The largest absolute Gasteiger partial charge is 0.494 e. The molecule has 0 aliphatic heterocycles. The van der Waals surface area contributed by atoms with Gasteiger partial charge in [0, 0.05) is 22.6 Å². The van der Waals surface area contributed by atoms with Crippen molar-refractivity contribution in [3.8, 4) is 11.4 Å². The van der Waals surface area contributed by atoms with E-state index in [0.29, 0.717) is 21.8 Å². The van der Waals surface area contributed by atoms with E-state index in [1.807, 2.05) is 51.1 Å². The molecule has 0 spiro atoms. The fraction of sp³-hybridized carbons (Fsp3) is 0.278. The Hall–Kier alpha value is -2.32. The number of nitrogens with zero attached hydrogens (tertiary/aromatic N) is 3. The van der Waals surface area contributed by atoms with Crippen LogP contribution in [-0.4, -0.2) is 32.9 Å². The highest BCUT2D eigenvalue weighted by molar-refractivity contribution is 8.01. The lowest BCUT2D eigenvalue weighted by Gasteiger charge is -2.11. The maximum atomic E-state index is 12.7. The number of Topliss-reactive ketones (excluding diaryl/α,β-unsaturated/α-hetero) is 1. The Kier molecular flexibility index (Phi) is 5.63. The van der Waals surface area contributed by atoms with Crippen molar-refractivity contribution in [1.82, 2.24) is 14.8 Å². The highest BCUT2D eigenvalue weighted by Gasteiger charge is 2.17. The van der Waals surface area contributed by atoms with Crippen molar-refractivity contribution in [2.24, 2.45) is 0 Å². The molecular formula is C18H20N4O2S2. The number of aromatic nitrogens is 3. The number of nitrogens with two attached hydrogens (primary N) is 1. The van der Waals surface area contributed by atoms with E-state index in [1.165, 1.54) is 23.1 Å². The second kappa shape index (κ2) is 7.92. The molecule has 26 heavy (non-hydrogen) atoms. The van der Waals surface area contributed by atoms with Crippen molar-refractivity contribution in [2.45, 2.75) is 25.1 Å². The zero-order valence-electron chi connectivity index (χ0n) is 14.9. The first-order chi connectivity index (χ1) is 12.5. The van der Waals surface area contributed by atoms with Gasteiger partial charge in [-0.2, -0.15) is 0 Å².